The summed E-state index contributed by atoms with van der Waals surface area (Å²) in [6.45, 7) is 1.63. The normalized spacial score (nSPS) is 11.9. The Labute approximate surface area is 122 Å². The Kier molecular flexibility index (Phi) is 4.77. The number of ether oxygens (including phenoxy) is 1. The number of carbonyl (C=O) groups excluding carboxylic acids is 1. The first-order valence-electron chi connectivity index (χ1n) is 6.26. The van der Waals surface area contributed by atoms with E-state index in [9.17, 15) is 4.79 Å². The molecule has 0 spiro atoms. The molecule has 0 radical (unpaired) electrons. The molecule has 0 aromatic heterocycles. The zero-order valence-corrected chi connectivity index (χ0v) is 11.8. The van der Waals surface area contributed by atoms with Crippen LogP contribution in [0.1, 0.15) is 22.8 Å². The summed E-state index contributed by atoms with van der Waals surface area (Å²) in [6, 6.07) is 13.8. The number of rotatable bonds is 5. The van der Waals surface area contributed by atoms with Gasteiger partial charge in [0.1, 0.15) is 5.75 Å². The monoisotopic (exact) mass is 290 g/mol. The van der Waals surface area contributed by atoms with E-state index in [2.05, 4.69) is 0 Å². The molecule has 0 saturated carbocycles. The van der Waals surface area contributed by atoms with E-state index < -0.39 is 6.10 Å². The minimum absolute atomic E-state index is 0.0617. The van der Waals surface area contributed by atoms with Gasteiger partial charge in [-0.25, -0.2) is 0 Å². The molecule has 0 bridgehead atoms. The molecule has 1 unspecified atom stereocenters. The number of ketones is 1. The molecule has 4 heteroatoms. The highest BCUT2D eigenvalue weighted by Gasteiger charge is 2.17. The first-order valence-corrected chi connectivity index (χ1v) is 6.64. The van der Waals surface area contributed by atoms with Gasteiger partial charge < -0.3 is 9.84 Å². The highest BCUT2D eigenvalue weighted by Crippen LogP contribution is 2.18. The lowest BCUT2D eigenvalue weighted by Crippen LogP contribution is -2.23. The molecule has 0 heterocycles. The molecule has 0 aliphatic carbocycles. The average Bonchev–Trinajstić information content (AvgIpc) is 2.46. The summed E-state index contributed by atoms with van der Waals surface area (Å²) >= 11 is 5.87. The predicted octanol–water partition coefficient (Wildman–Crippen LogP) is 3.48. The maximum atomic E-state index is 12.2. The molecule has 1 atom stereocenters. The predicted molar refractivity (Wildman–Crippen MR) is 78.2 cm³/mol. The van der Waals surface area contributed by atoms with E-state index in [0.29, 0.717) is 16.3 Å². The van der Waals surface area contributed by atoms with Crippen molar-refractivity contribution in [1.82, 2.24) is 0 Å². The molecule has 20 heavy (non-hydrogen) atoms. The summed E-state index contributed by atoms with van der Waals surface area (Å²) in [6.07, 6.45) is -0.623. The minimum Gasteiger partial charge on any atom is -0.483 e. The number of halogens is 1. The molecular weight excluding hydrogens is 276 g/mol. The summed E-state index contributed by atoms with van der Waals surface area (Å²) in [4.78, 5) is 12.2. The third-order valence-electron chi connectivity index (χ3n) is 2.87. The van der Waals surface area contributed by atoms with Crippen LogP contribution >= 0.6 is 11.6 Å². The van der Waals surface area contributed by atoms with Gasteiger partial charge in [0, 0.05) is 10.6 Å². The smallest absolute Gasteiger partial charge is 0.203 e. The molecule has 104 valence electrons. The molecule has 0 aliphatic rings. The van der Waals surface area contributed by atoms with Gasteiger partial charge in [-0.2, -0.15) is 0 Å². The zero-order chi connectivity index (χ0) is 14.5. The Morgan fingerprint density at radius 1 is 1.25 bits per heavy atom. The summed E-state index contributed by atoms with van der Waals surface area (Å²) in [5.74, 6) is 0.418. The van der Waals surface area contributed by atoms with Crippen LogP contribution in [0.2, 0.25) is 5.02 Å². The van der Waals surface area contributed by atoms with Crippen LogP contribution in [0, 0.1) is 0 Å². The molecule has 1 N–H and O–H groups in total. The fourth-order valence-electron chi connectivity index (χ4n) is 1.85. The van der Waals surface area contributed by atoms with E-state index in [1.165, 1.54) is 0 Å². The number of aliphatic hydroxyl groups excluding tert-OH is 1. The SMILES string of the molecule is CC(Oc1cccc(CO)c1)C(=O)c1cccc(Cl)c1. The number of aliphatic hydroxyl groups is 1. The minimum atomic E-state index is -0.623. The first-order chi connectivity index (χ1) is 9.60. The van der Waals surface area contributed by atoms with Crippen molar-refractivity contribution in [3.8, 4) is 5.75 Å². The van der Waals surface area contributed by atoms with Crippen LogP contribution in [0.15, 0.2) is 48.5 Å². The van der Waals surface area contributed by atoms with Gasteiger partial charge in [-0.15, -0.1) is 0 Å². The van der Waals surface area contributed by atoms with E-state index in [0.717, 1.165) is 5.56 Å². The molecule has 3 nitrogen and oxygen atoms in total. The molecule has 0 saturated heterocycles. The van der Waals surface area contributed by atoms with E-state index in [1.54, 1.807) is 55.5 Å². The van der Waals surface area contributed by atoms with Crippen molar-refractivity contribution >= 4 is 17.4 Å². The van der Waals surface area contributed by atoms with Gasteiger partial charge in [0.15, 0.2) is 6.10 Å². The second-order valence-corrected chi connectivity index (χ2v) is 4.88. The molecule has 2 rings (SSSR count). The Balaban J connectivity index is 2.11. The topological polar surface area (TPSA) is 46.5 Å². The summed E-state index contributed by atoms with van der Waals surface area (Å²) < 4.78 is 5.61. The van der Waals surface area contributed by atoms with Gasteiger partial charge >= 0.3 is 0 Å². The van der Waals surface area contributed by atoms with Crippen LogP contribution in [0.5, 0.6) is 5.75 Å². The Hall–Kier alpha value is -1.84. The fourth-order valence-corrected chi connectivity index (χ4v) is 2.04. The van der Waals surface area contributed by atoms with Crippen LogP contribution in [-0.2, 0) is 6.61 Å². The van der Waals surface area contributed by atoms with Gasteiger partial charge in [-0.05, 0) is 36.8 Å². The molecule has 0 fully saturated rings. The highest BCUT2D eigenvalue weighted by molar-refractivity contribution is 6.31. The lowest BCUT2D eigenvalue weighted by Gasteiger charge is -2.14. The van der Waals surface area contributed by atoms with Crippen molar-refractivity contribution in [2.45, 2.75) is 19.6 Å². The van der Waals surface area contributed by atoms with E-state index in [-0.39, 0.29) is 12.4 Å². The van der Waals surface area contributed by atoms with Gasteiger partial charge in [0.05, 0.1) is 6.61 Å². The Morgan fingerprint density at radius 2 is 2.00 bits per heavy atom. The highest BCUT2D eigenvalue weighted by atomic mass is 35.5. The van der Waals surface area contributed by atoms with Crippen molar-refractivity contribution in [3.63, 3.8) is 0 Å². The molecular formula is C16H15ClO3. The molecule has 0 amide bonds. The van der Waals surface area contributed by atoms with Crippen molar-refractivity contribution in [1.29, 1.82) is 0 Å². The fraction of sp³-hybridized carbons (Fsp3) is 0.188. The zero-order valence-electron chi connectivity index (χ0n) is 11.0. The van der Waals surface area contributed by atoms with Gasteiger partial charge in [-0.1, -0.05) is 35.9 Å². The van der Waals surface area contributed by atoms with Gasteiger partial charge in [0.25, 0.3) is 0 Å². The Bertz CT molecular complexity index is 610. The largest absolute Gasteiger partial charge is 0.483 e. The number of hydrogen-bond acceptors (Lipinski definition) is 3. The summed E-state index contributed by atoms with van der Waals surface area (Å²) in [5, 5.41) is 9.60. The van der Waals surface area contributed by atoms with Crippen LogP contribution in [0.4, 0.5) is 0 Å². The first kappa shape index (κ1) is 14.6. The average molecular weight is 291 g/mol. The standard InChI is InChI=1S/C16H15ClO3/c1-11(16(19)13-5-3-6-14(17)9-13)20-15-7-2-4-12(8-15)10-18/h2-9,11,18H,10H2,1H3. The molecule has 0 aliphatic heterocycles. The molecule has 2 aromatic carbocycles. The van der Waals surface area contributed by atoms with Crippen molar-refractivity contribution in [2.75, 3.05) is 0 Å². The Morgan fingerprint density at radius 3 is 2.70 bits per heavy atom. The number of Topliss-reactive ketones (excluding diaryl/α,β-unsaturated/α-hetero) is 1. The van der Waals surface area contributed by atoms with Crippen molar-refractivity contribution < 1.29 is 14.6 Å². The summed E-state index contributed by atoms with van der Waals surface area (Å²) in [7, 11) is 0. The maximum absolute atomic E-state index is 12.2. The van der Waals surface area contributed by atoms with Crippen LogP contribution < -0.4 is 4.74 Å². The quantitative estimate of drug-likeness (QED) is 0.858. The second kappa shape index (κ2) is 6.55. The van der Waals surface area contributed by atoms with Gasteiger partial charge in [0.2, 0.25) is 5.78 Å². The van der Waals surface area contributed by atoms with Crippen LogP contribution in [0.25, 0.3) is 0 Å². The van der Waals surface area contributed by atoms with Gasteiger partial charge in [-0.3, -0.25) is 4.79 Å². The molecule has 2 aromatic rings. The van der Waals surface area contributed by atoms with Crippen LogP contribution in [0.3, 0.4) is 0 Å². The second-order valence-electron chi connectivity index (χ2n) is 4.44. The third kappa shape index (κ3) is 3.59. The van der Waals surface area contributed by atoms with E-state index >= 15 is 0 Å². The van der Waals surface area contributed by atoms with E-state index in [4.69, 9.17) is 21.4 Å². The number of benzene rings is 2. The lowest BCUT2D eigenvalue weighted by atomic mass is 10.1. The maximum Gasteiger partial charge on any atom is 0.203 e. The summed E-state index contributed by atoms with van der Waals surface area (Å²) in [5.41, 5.74) is 1.26. The van der Waals surface area contributed by atoms with Crippen molar-refractivity contribution in [2.24, 2.45) is 0 Å². The van der Waals surface area contributed by atoms with E-state index in [1.807, 2.05) is 0 Å². The lowest BCUT2D eigenvalue weighted by molar-refractivity contribution is 0.0818. The third-order valence-corrected chi connectivity index (χ3v) is 3.11. The number of carbonyl (C=O) groups is 1. The van der Waals surface area contributed by atoms with Crippen LogP contribution in [-0.4, -0.2) is 17.0 Å². The van der Waals surface area contributed by atoms with Crippen molar-refractivity contribution in [3.05, 3.63) is 64.7 Å². The number of hydrogen-bond donors (Lipinski definition) is 1.